The molecule has 0 unspecified atom stereocenters. The molecule has 1 N–H and O–H groups in total. The highest BCUT2D eigenvalue weighted by Gasteiger charge is 2.16. The first kappa shape index (κ1) is 13.6. The van der Waals surface area contributed by atoms with Crippen LogP contribution >= 0.6 is 0 Å². The van der Waals surface area contributed by atoms with Crippen molar-refractivity contribution in [1.29, 1.82) is 0 Å². The molecule has 0 saturated heterocycles. The number of fused-ring (bicyclic) bond motifs is 1. The Labute approximate surface area is 112 Å². The molecule has 4 heteroatoms. The minimum Gasteiger partial charge on any atom is -0.451 e. The van der Waals surface area contributed by atoms with Crippen molar-refractivity contribution < 1.29 is 13.9 Å². The van der Waals surface area contributed by atoms with Gasteiger partial charge in [-0.15, -0.1) is 0 Å². The van der Waals surface area contributed by atoms with Crippen molar-refractivity contribution in [2.45, 2.75) is 20.3 Å². The van der Waals surface area contributed by atoms with Gasteiger partial charge in [0.25, 0.3) is 5.91 Å². The molecule has 0 aliphatic carbocycles. The van der Waals surface area contributed by atoms with Crippen LogP contribution in [0.15, 0.2) is 28.7 Å². The summed E-state index contributed by atoms with van der Waals surface area (Å²) in [5.74, 6) is 0.239. The van der Waals surface area contributed by atoms with E-state index in [1.54, 1.807) is 0 Å². The van der Waals surface area contributed by atoms with Crippen LogP contribution in [0.3, 0.4) is 0 Å². The molecule has 0 aliphatic rings. The van der Waals surface area contributed by atoms with Crippen LogP contribution in [0.5, 0.6) is 0 Å². The second kappa shape index (κ2) is 6.38. The molecule has 1 aromatic heterocycles. The van der Waals surface area contributed by atoms with Crippen LogP contribution in [0.1, 0.15) is 29.5 Å². The molecule has 19 heavy (non-hydrogen) atoms. The first-order valence-electron chi connectivity index (χ1n) is 6.58. The minimum absolute atomic E-state index is 0.162. The molecular weight excluding hydrogens is 242 g/mol. The summed E-state index contributed by atoms with van der Waals surface area (Å²) in [6.45, 7) is 5.82. The molecule has 102 valence electrons. The van der Waals surface area contributed by atoms with Crippen LogP contribution in [0.2, 0.25) is 0 Å². The number of hydrogen-bond acceptors (Lipinski definition) is 3. The Kier molecular flexibility index (Phi) is 4.58. The highest BCUT2D eigenvalue weighted by Crippen LogP contribution is 2.24. The number of carbonyl (C=O) groups excluding carboxylic acids is 1. The van der Waals surface area contributed by atoms with Gasteiger partial charge in [-0.2, -0.15) is 0 Å². The number of carbonyl (C=O) groups is 1. The van der Waals surface area contributed by atoms with Crippen LogP contribution < -0.4 is 5.32 Å². The van der Waals surface area contributed by atoms with Crippen molar-refractivity contribution in [2.75, 3.05) is 19.8 Å². The molecule has 0 fully saturated rings. The van der Waals surface area contributed by atoms with Gasteiger partial charge in [0.2, 0.25) is 0 Å². The van der Waals surface area contributed by atoms with Gasteiger partial charge in [-0.25, -0.2) is 0 Å². The number of aryl methyl sites for hydroxylation is 1. The lowest BCUT2D eigenvalue weighted by Gasteiger charge is -2.03. The predicted molar refractivity (Wildman–Crippen MR) is 74.4 cm³/mol. The lowest BCUT2D eigenvalue weighted by atomic mass is 10.1. The van der Waals surface area contributed by atoms with E-state index in [1.165, 1.54) is 0 Å². The predicted octanol–water partition coefficient (Wildman–Crippen LogP) is 2.90. The van der Waals surface area contributed by atoms with Crippen molar-refractivity contribution >= 4 is 16.9 Å². The van der Waals surface area contributed by atoms with Gasteiger partial charge in [0.15, 0.2) is 5.76 Å². The number of hydrogen-bond donors (Lipinski definition) is 1. The summed E-state index contributed by atoms with van der Waals surface area (Å²) in [4.78, 5) is 12.0. The summed E-state index contributed by atoms with van der Waals surface area (Å²) in [5, 5.41) is 3.83. The van der Waals surface area contributed by atoms with Crippen molar-refractivity contribution in [2.24, 2.45) is 0 Å². The summed E-state index contributed by atoms with van der Waals surface area (Å²) in [6, 6.07) is 7.66. The van der Waals surface area contributed by atoms with E-state index in [1.807, 2.05) is 38.1 Å². The Morgan fingerprint density at radius 2 is 2.16 bits per heavy atom. The van der Waals surface area contributed by atoms with Gasteiger partial charge in [0.05, 0.1) is 0 Å². The highest BCUT2D eigenvalue weighted by molar-refractivity contribution is 5.98. The van der Waals surface area contributed by atoms with E-state index in [2.05, 4.69) is 5.32 Å². The number of para-hydroxylation sites is 1. The fourth-order valence-electron chi connectivity index (χ4n) is 1.99. The number of amides is 1. The zero-order valence-corrected chi connectivity index (χ0v) is 11.4. The second-order valence-electron chi connectivity index (χ2n) is 4.36. The van der Waals surface area contributed by atoms with Crippen molar-refractivity contribution in [1.82, 2.24) is 5.32 Å². The zero-order valence-electron chi connectivity index (χ0n) is 11.4. The van der Waals surface area contributed by atoms with Crippen LogP contribution in [-0.2, 0) is 4.74 Å². The molecule has 0 atom stereocenters. The number of rotatable bonds is 6. The van der Waals surface area contributed by atoms with Crippen molar-refractivity contribution in [3.05, 3.63) is 35.6 Å². The SMILES string of the molecule is CCOCCCNC(=O)c1oc2ccccc2c1C. The third-order valence-electron chi connectivity index (χ3n) is 3.01. The molecule has 1 aromatic carbocycles. The van der Waals surface area contributed by atoms with E-state index in [9.17, 15) is 4.79 Å². The van der Waals surface area contributed by atoms with E-state index in [0.717, 1.165) is 23.0 Å². The molecule has 2 aromatic rings. The summed E-state index contributed by atoms with van der Waals surface area (Å²) < 4.78 is 10.8. The maximum Gasteiger partial charge on any atom is 0.287 e. The maximum absolute atomic E-state index is 12.0. The molecule has 4 nitrogen and oxygen atoms in total. The molecular formula is C15H19NO3. The van der Waals surface area contributed by atoms with Crippen LogP contribution in [-0.4, -0.2) is 25.7 Å². The average molecular weight is 261 g/mol. The molecule has 0 bridgehead atoms. The van der Waals surface area contributed by atoms with Gasteiger partial charge < -0.3 is 14.5 Å². The Hall–Kier alpha value is -1.81. The normalized spacial score (nSPS) is 10.8. The van der Waals surface area contributed by atoms with E-state index in [0.29, 0.717) is 25.5 Å². The number of furan rings is 1. The zero-order chi connectivity index (χ0) is 13.7. The Morgan fingerprint density at radius 1 is 1.37 bits per heavy atom. The van der Waals surface area contributed by atoms with Gasteiger partial charge in [-0.1, -0.05) is 18.2 Å². The van der Waals surface area contributed by atoms with E-state index in [-0.39, 0.29) is 5.91 Å². The topological polar surface area (TPSA) is 51.5 Å². The number of benzene rings is 1. The van der Waals surface area contributed by atoms with Crippen molar-refractivity contribution in [3.63, 3.8) is 0 Å². The Bertz CT molecular complexity index is 560. The van der Waals surface area contributed by atoms with Gasteiger partial charge in [-0.05, 0) is 26.3 Å². The monoisotopic (exact) mass is 261 g/mol. The largest absolute Gasteiger partial charge is 0.451 e. The molecule has 0 aliphatic heterocycles. The molecule has 0 saturated carbocycles. The van der Waals surface area contributed by atoms with E-state index >= 15 is 0 Å². The van der Waals surface area contributed by atoms with Gasteiger partial charge in [0, 0.05) is 30.7 Å². The van der Waals surface area contributed by atoms with Gasteiger partial charge >= 0.3 is 0 Å². The van der Waals surface area contributed by atoms with Crippen LogP contribution in [0.25, 0.3) is 11.0 Å². The lowest BCUT2D eigenvalue weighted by Crippen LogP contribution is -2.25. The molecule has 1 heterocycles. The van der Waals surface area contributed by atoms with Crippen LogP contribution in [0.4, 0.5) is 0 Å². The maximum atomic E-state index is 12.0. The summed E-state index contributed by atoms with van der Waals surface area (Å²) in [5.41, 5.74) is 1.64. The molecule has 2 rings (SSSR count). The summed E-state index contributed by atoms with van der Waals surface area (Å²) >= 11 is 0. The smallest absolute Gasteiger partial charge is 0.287 e. The average Bonchev–Trinajstić information content (AvgIpc) is 2.76. The fourth-order valence-corrected chi connectivity index (χ4v) is 1.99. The van der Waals surface area contributed by atoms with E-state index in [4.69, 9.17) is 9.15 Å². The first-order valence-corrected chi connectivity index (χ1v) is 6.58. The first-order chi connectivity index (χ1) is 9.24. The molecule has 1 amide bonds. The second-order valence-corrected chi connectivity index (χ2v) is 4.36. The van der Waals surface area contributed by atoms with Crippen molar-refractivity contribution in [3.8, 4) is 0 Å². The fraction of sp³-hybridized carbons (Fsp3) is 0.400. The molecule has 0 radical (unpaired) electrons. The molecule has 0 spiro atoms. The third kappa shape index (κ3) is 3.15. The Balaban J connectivity index is 1.99. The standard InChI is InChI=1S/C15H19NO3/c1-3-18-10-6-9-16-15(17)14-11(2)12-7-4-5-8-13(12)19-14/h4-5,7-8H,3,6,9-10H2,1-2H3,(H,16,17). The number of nitrogens with one attached hydrogen (secondary N) is 1. The third-order valence-corrected chi connectivity index (χ3v) is 3.01. The van der Waals surface area contributed by atoms with Gasteiger partial charge in [0.1, 0.15) is 5.58 Å². The summed E-state index contributed by atoms with van der Waals surface area (Å²) in [7, 11) is 0. The quantitative estimate of drug-likeness (QED) is 0.813. The number of ether oxygens (including phenoxy) is 1. The highest BCUT2D eigenvalue weighted by atomic mass is 16.5. The van der Waals surface area contributed by atoms with Crippen LogP contribution in [0, 0.1) is 6.92 Å². The summed E-state index contributed by atoms with van der Waals surface area (Å²) in [6.07, 6.45) is 0.804. The Morgan fingerprint density at radius 3 is 2.89 bits per heavy atom. The van der Waals surface area contributed by atoms with E-state index < -0.39 is 0 Å². The minimum atomic E-state index is -0.162. The lowest BCUT2D eigenvalue weighted by molar-refractivity contribution is 0.0918. The van der Waals surface area contributed by atoms with Gasteiger partial charge in [-0.3, -0.25) is 4.79 Å².